The largest absolute Gasteiger partial charge is 0.508 e. The maximum absolute atomic E-state index is 17.8. The average molecular weight is 724 g/mol. The van der Waals surface area contributed by atoms with Crippen LogP contribution in [0.25, 0.3) is 43.8 Å². The van der Waals surface area contributed by atoms with Gasteiger partial charge >= 0.3 is 6.01 Å². The van der Waals surface area contributed by atoms with E-state index in [0.29, 0.717) is 46.6 Å². The summed E-state index contributed by atoms with van der Waals surface area (Å²) in [5.74, 6) is 2.58. The second kappa shape index (κ2) is 12.2. The molecule has 0 amide bonds. The summed E-state index contributed by atoms with van der Waals surface area (Å²) in [6.07, 6.45) is 8.95. The fraction of sp³-hybridized carbons (Fsp3) is 0.463. The van der Waals surface area contributed by atoms with Crippen molar-refractivity contribution in [3.05, 3.63) is 53.3 Å². The zero-order valence-electron chi connectivity index (χ0n) is 29.5. The Bertz CT molecular complexity index is 2340. The summed E-state index contributed by atoms with van der Waals surface area (Å²) in [5.41, 5.74) is -0.0747. The van der Waals surface area contributed by atoms with E-state index in [1.165, 1.54) is 24.3 Å². The van der Waals surface area contributed by atoms with Crippen LogP contribution >= 0.6 is 0 Å². The second-order valence-corrected chi connectivity index (χ2v) is 15.8. The van der Waals surface area contributed by atoms with Crippen molar-refractivity contribution < 1.29 is 32.2 Å². The zero-order chi connectivity index (χ0) is 36.2. The molecule has 4 atom stereocenters. The van der Waals surface area contributed by atoms with E-state index in [0.717, 1.165) is 65.1 Å². The first-order valence-corrected chi connectivity index (χ1v) is 18.7. The van der Waals surface area contributed by atoms with E-state index in [-0.39, 0.29) is 63.6 Å². The number of benzene rings is 3. The van der Waals surface area contributed by atoms with Crippen LogP contribution in [-0.4, -0.2) is 101 Å². The number of phenolic OH excluding ortho intramolecular Hbond substituents is 1. The highest BCUT2D eigenvalue weighted by molar-refractivity contribution is 6.18. The summed E-state index contributed by atoms with van der Waals surface area (Å²) in [4.78, 5) is 16.9. The van der Waals surface area contributed by atoms with Gasteiger partial charge in [0.05, 0.1) is 35.3 Å². The lowest BCUT2D eigenvalue weighted by Crippen LogP contribution is -2.56. The van der Waals surface area contributed by atoms with Crippen molar-refractivity contribution in [1.29, 1.82) is 0 Å². The van der Waals surface area contributed by atoms with Crippen LogP contribution in [0.15, 0.2) is 34.7 Å². The molecule has 274 valence electrons. The van der Waals surface area contributed by atoms with Gasteiger partial charge in [-0.15, -0.1) is 6.42 Å². The van der Waals surface area contributed by atoms with Crippen LogP contribution < -0.4 is 9.64 Å². The third kappa shape index (κ3) is 5.18. The maximum Gasteiger partial charge on any atom is 0.319 e. The van der Waals surface area contributed by atoms with E-state index in [4.69, 9.17) is 30.3 Å². The predicted octanol–water partition coefficient (Wildman–Crippen LogP) is 6.72. The van der Waals surface area contributed by atoms with Crippen molar-refractivity contribution in [3.8, 4) is 35.2 Å². The van der Waals surface area contributed by atoms with Crippen LogP contribution in [0.5, 0.6) is 11.8 Å². The molecule has 0 unspecified atom stereocenters. The number of piperazine rings is 1. The van der Waals surface area contributed by atoms with Gasteiger partial charge in [-0.25, -0.2) is 13.2 Å². The number of fused-ring (bicyclic) bond motifs is 7. The molecule has 5 aliphatic heterocycles. The monoisotopic (exact) mass is 723 g/mol. The Morgan fingerprint density at radius 2 is 1.89 bits per heavy atom. The quantitative estimate of drug-likeness (QED) is 0.184. The summed E-state index contributed by atoms with van der Waals surface area (Å²) in [6, 6.07) is 7.74. The molecule has 5 saturated heterocycles. The lowest BCUT2D eigenvalue weighted by molar-refractivity contribution is -0.0484. The van der Waals surface area contributed by atoms with Crippen molar-refractivity contribution in [2.24, 2.45) is 5.92 Å². The van der Waals surface area contributed by atoms with Crippen LogP contribution in [0.1, 0.15) is 43.4 Å². The van der Waals surface area contributed by atoms with Crippen LogP contribution in [0.4, 0.5) is 19.0 Å². The number of ether oxygens (including phenoxy) is 2. The third-order valence-electron chi connectivity index (χ3n) is 12.4. The van der Waals surface area contributed by atoms with Gasteiger partial charge in [0, 0.05) is 66.9 Å². The SMILES string of the molecule is C#Cc1c(F)ccc2cc(O)cc(-c3c(F)c4nc(OC[C@@]56CCCN5C[C@H](F)C6)nc(N5[C@@H]6CC[C@H]5CN(CC5COC5)C6)c4c4cc(C)oc34)c12. The molecule has 2 aromatic heterocycles. The number of phenols is 1. The highest BCUT2D eigenvalue weighted by Gasteiger charge is 2.50. The Labute approximate surface area is 304 Å². The number of halogens is 3. The first-order valence-electron chi connectivity index (χ1n) is 18.7. The molecule has 0 radical (unpaired) electrons. The average Bonchev–Trinajstić information content (AvgIpc) is 3.84. The molecule has 2 bridgehead atoms. The molecule has 0 spiro atoms. The normalized spacial score (nSPS) is 26.2. The Hall–Kier alpha value is -4.57. The zero-order valence-corrected chi connectivity index (χ0v) is 29.5. The maximum atomic E-state index is 17.8. The molecular weight excluding hydrogens is 683 g/mol. The number of aryl methyl sites for hydroxylation is 1. The summed E-state index contributed by atoms with van der Waals surface area (Å²) in [7, 11) is 0. The third-order valence-corrected chi connectivity index (χ3v) is 12.4. The van der Waals surface area contributed by atoms with E-state index >= 15 is 8.78 Å². The van der Waals surface area contributed by atoms with Gasteiger partial charge in [0.1, 0.15) is 47.0 Å². The number of anilines is 1. The standard InChI is InChI=1S/C41H40F3N5O4/c1-3-29-32(43)8-5-24-12-28(50)13-30(33(24)29)34-36(44)37-35(31-11-22(2)53-38(31)34)39(49-26-6-7-27(49)18-47(17-26)15-23-19-51-20-23)46-40(45-37)52-21-41-9-4-10-48(41)16-25(42)14-41/h1,5,8,11-13,23,25-27,50H,4,6-7,9-10,14-21H2,2H3/t25-,26-,27+,41+/m1/s1. The molecule has 12 heteroatoms. The molecule has 3 aromatic carbocycles. The number of rotatable bonds is 7. The number of aromatic hydroxyl groups is 1. The summed E-state index contributed by atoms with van der Waals surface area (Å²) >= 11 is 0. The minimum Gasteiger partial charge on any atom is -0.508 e. The number of hydrogen-bond donors (Lipinski definition) is 1. The van der Waals surface area contributed by atoms with Crippen molar-refractivity contribution in [1.82, 2.24) is 19.8 Å². The van der Waals surface area contributed by atoms with Gasteiger partial charge in [-0.1, -0.05) is 12.0 Å². The van der Waals surface area contributed by atoms with E-state index in [1.54, 1.807) is 6.92 Å². The van der Waals surface area contributed by atoms with E-state index in [1.807, 2.05) is 6.07 Å². The summed E-state index contributed by atoms with van der Waals surface area (Å²) in [6.45, 7) is 7.40. The van der Waals surface area contributed by atoms with Gasteiger partial charge in [-0.3, -0.25) is 9.80 Å². The minimum atomic E-state index is -0.933. The Morgan fingerprint density at radius 1 is 1.08 bits per heavy atom. The highest BCUT2D eigenvalue weighted by Crippen LogP contribution is 2.48. The molecule has 0 aliphatic carbocycles. The van der Waals surface area contributed by atoms with Crippen molar-refractivity contribution in [2.75, 3.05) is 57.4 Å². The van der Waals surface area contributed by atoms with Gasteiger partial charge < -0.3 is 23.9 Å². The molecule has 5 fully saturated rings. The van der Waals surface area contributed by atoms with E-state index < -0.39 is 23.3 Å². The van der Waals surface area contributed by atoms with E-state index in [9.17, 15) is 9.50 Å². The lowest BCUT2D eigenvalue weighted by atomic mass is 9.91. The minimum absolute atomic E-state index is 0.00587. The molecule has 5 aliphatic rings. The molecule has 10 rings (SSSR count). The van der Waals surface area contributed by atoms with Crippen LogP contribution in [-0.2, 0) is 4.74 Å². The predicted molar refractivity (Wildman–Crippen MR) is 195 cm³/mol. The van der Waals surface area contributed by atoms with Crippen molar-refractivity contribution in [2.45, 2.75) is 62.8 Å². The second-order valence-electron chi connectivity index (χ2n) is 15.8. The summed E-state index contributed by atoms with van der Waals surface area (Å²) < 4.78 is 65.9. The molecule has 9 nitrogen and oxygen atoms in total. The number of furan rings is 1. The Kier molecular flexibility index (Phi) is 7.62. The number of aromatic nitrogens is 2. The molecule has 53 heavy (non-hydrogen) atoms. The fourth-order valence-corrected chi connectivity index (χ4v) is 10.1. The van der Waals surface area contributed by atoms with Crippen LogP contribution in [0.2, 0.25) is 0 Å². The molecule has 7 heterocycles. The van der Waals surface area contributed by atoms with E-state index in [2.05, 4.69) is 20.6 Å². The number of terminal acetylenes is 1. The van der Waals surface area contributed by atoms with Crippen molar-refractivity contribution in [3.63, 3.8) is 0 Å². The topological polar surface area (TPSA) is 87.3 Å². The summed E-state index contributed by atoms with van der Waals surface area (Å²) in [5, 5.41) is 12.7. The molecule has 1 N–H and O–H groups in total. The molecular formula is C41H40F3N5O4. The Balaban J connectivity index is 1.18. The van der Waals surface area contributed by atoms with Gasteiger partial charge in [-0.2, -0.15) is 9.97 Å². The van der Waals surface area contributed by atoms with Crippen LogP contribution in [0.3, 0.4) is 0 Å². The van der Waals surface area contributed by atoms with Gasteiger partial charge in [0.15, 0.2) is 5.82 Å². The smallest absolute Gasteiger partial charge is 0.319 e. The molecule has 5 aromatic rings. The lowest BCUT2D eigenvalue weighted by Gasteiger charge is -2.44. The van der Waals surface area contributed by atoms with Gasteiger partial charge in [-0.05, 0) is 68.8 Å². The first-order chi connectivity index (χ1) is 25.7. The fourth-order valence-electron chi connectivity index (χ4n) is 10.1. The number of hydrogen-bond acceptors (Lipinski definition) is 9. The van der Waals surface area contributed by atoms with Crippen LogP contribution in [0, 0.1) is 36.8 Å². The molecule has 0 saturated carbocycles. The van der Waals surface area contributed by atoms with Gasteiger partial charge in [0.2, 0.25) is 0 Å². The first kappa shape index (κ1) is 33.0. The number of likely N-dealkylation sites (tertiary alicyclic amines) is 1. The van der Waals surface area contributed by atoms with Gasteiger partial charge in [0.25, 0.3) is 0 Å². The number of alkyl halides is 1. The van der Waals surface area contributed by atoms with Crippen molar-refractivity contribution >= 4 is 38.5 Å². The number of nitrogens with zero attached hydrogens (tertiary/aromatic N) is 5. The Morgan fingerprint density at radius 3 is 2.64 bits per heavy atom. The highest BCUT2D eigenvalue weighted by atomic mass is 19.1.